The Morgan fingerprint density at radius 2 is 1.81 bits per heavy atom. The number of hydrogen-bond acceptors (Lipinski definition) is 5. The largest absolute Gasteiger partial charge is 0.496 e. The summed E-state index contributed by atoms with van der Waals surface area (Å²) in [7, 11) is -1.98. The van der Waals surface area contributed by atoms with Crippen LogP contribution >= 0.6 is 0 Å². The molecule has 0 spiro atoms. The van der Waals surface area contributed by atoms with E-state index in [9.17, 15) is 13.2 Å². The number of carbonyl (C=O) groups is 1. The average Bonchev–Trinajstić information content (AvgIpc) is 3.33. The van der Waals surface area contributed by atoms with Crippen molar-refractivity contribution in [2.75, 3.05) is 26.8 Å². The zero-order valence-corrected chi connectivity index (χ0v) is 19.8. The van der Waals surface area contributed by atoms with Crippen LogP contribution < -0.4 is 14.8 Å². The molecule has 0 bridgehead atoms. The minimum absolute atomic E-state index is 0.125. The van der Waals surface area contributed by atoms with E-state index in [-0.39, 0.29) is 23.3 Å². The van der Waals surface area contributed by atoms with Crippen molar-refractivity contribution in [1.82, 2.24) is 9.62 Å². The molecule has 1 fully saturated rings. The maximum atomic E-state index is 12.9. The number of nitrogens with one attached hydrogen (secondary N) is 1. The lowest BCUT2D eigenvalue weighted by atomic mass is 10.1. The van der Waals surface area contributed by atoms with Crippen molar-refractivity contribution in [2.45, 2.75) is 50.5 Å². The van der Waals surface area contributed by atoms with Crippen LogP contribution in [0.1, 0.15) is 37.3 Å². The topological polar surface area (TPSA) is 84.9 Å². The summed E-state index contributed by atoms with van der Waals surface area (Å²) >= 11 is 0. The lowest BCUT2D eigenvalue weighted by molar-refractivity contribution is -0.121. The summed E-state index contributed by atoms with van der Waals surface area (Å²) < 4.78 is 38.4. The predicted molar refractivity (Wildman–Crippen MR) is 124 cm³/mol. The van der Waals surface area contributed by atoms with Gasteiger partial charge in [-0.25, -0.2) is 8.42 Å². The van der Waals surface area contributed by atoms with Crippen LogP contribution in [0.4, 0.5) is 0 Å². The van der Waals surface area contributed by atoms with Crippen molar-refractivity contribution in [3.8, 4) is 11.5 Å². The van der Waals surface area contributed by atoms with Gasteiger partial charge in [0.05, 0.1) is 18.0 Å². The summed E-state index contributed by atoms with van der Waals surface area (Å²) in [6.07, 6.45) is 2.37. The van der Waals surface area contributed by atoms with E-state index in [1.807, 2.05) is 38.1 Å². The van der Waals surface area contributed by atoms with Crippen LogP contribution in [0.5, 0.6) is 11.5 Å². The molecule has 1 heterocycles. The molecule has 8 heteroatoms. The van der Waals surface area contributed by atoms with Crippen LogP contribution in [0.2, 0.25) is 0 Å². The Kier molecular flexibility index (Phi) is 8.15. The molecule has 0 saturated carbocycles. The van der Waals surface area contributed by atoms with Crippen LogP contribution in [0.3, 0.4) is 0 Å². The number of methoxy groups -OCH3 is 1. The first kappa shape index (κ1) is 24.1. The fraction of sp³-hybridized carbons (Fsp3) is 0.458. The number of benzene rings is 2. The molecule has 1 aliphatic heterocycles. The number of aryl methyl sites for hydroxylation is 2. The van der Waals surface area contributed by atoms with Gasteiger partial charge in [0.1, 0.15) is 18.1 Å². The van der Waals surface area contributed by atoms with Crippen LogP contribution in [-0.2, 0) is 21.2 Å². The highest BCUT2D eigenvalue weighted by atomic mass is 32.2. The molecule has 1 amide bonds. The summed E-state index contributed by atoms with van der Waals surface area (Å²) in [6, 6.07) is 12.5. The molecule has 1 unspecified atom stereocenters. The Morgan fingerprint density at radius 1 is 1.12 bits per heavy atom. The van der Waals surface area contributed by atoms with E-state index in [0.29, 0.717) is 37.4 Å². The van der Waals surface area contributed by atoms with Crippen LogP contribution in [0, 0.1) is 6.92 Å². The van der Waals surface area contributed by atoms with Crippen molar-refractivity contribution in [3.63, 3.8) is 0 Å². The summed E-state index contributed by atoms with van der Waals surface area (Å²) in [6.45, 7) is 5.36. The molecule has 0 aromatic heterocycles. The molecule has 1 atom stereocenters. The highest BCUT2D eigenvalue weighted by Gasteiger charge is 2.27. The second-order valence-electron chi connectivity index (χ2n) is 8.18. The Balaban J connectivity index is 1.56. The Labute approximate surface area is 190 Å². The Bertz CT molecular complexity index is 1020. The Hall–Kier alpha value is -2.58. The van der Waals surface area contributed by atoms with Gasteiger partial charge in [-0.3, -0.25) is 4.79 Å². The quantitative estimate of drug-likeness (QED) is 0.588. The van der Waals surface area contributed by atoms with Gasteiger partial charge in [-0.05, 0) is 69.0 Å². The summed E-state index contributed by atoms with van der Waals surface area (Å²) in [4.78, 5) is 12.7. The summed E-state index contributed by atoms with van der Waals surface area (Å²) in [5, 5.41) is 2.93. The van der Waals surface area contributed by atoms with Crippen molar-refractivity contribution in [3.05, 3.63) is 53.6 Å². The van der Waals surface area contributed by atoms with E-state index in [1.54, 1.807) is 18.2 Å². The van der Waals surface area contributed by atoms with E-state index < -0.39 is 10.0 Å². The molecular weight excluding hydrogens is 428 g/mol. The van der Waals surface area contributed by atoms with Crippen molar-refractivity contribution >= 4 is 15.9 Å². The van der Waals surface area contributed by atoms with Gasteiger partial charge in [0.25, 0.3) is 0 Å². The molecule has 1 N–H and O–H groups in total. The first-order chi connectivity index (χ1) is 15.3. The van der Waals surface area contributed by atoms with Crippen LogP contribution in [0.15, 0.2) is 47.4 Å². The molecular formula is C24H32N2O5S. The van der Waals surface area contributed by atoms with Crippen molar-refractivity contribution in [2.24, 2.45) is 0 Å². The fourth-order valence-corrected chi connectivity index (χ4v) is 5.25. The van der Waals surface area contributed by atoms with E-state index in [2.05, 4.69) is 5.32 Å². The first-order valence-corrected chi connectivity index (χ1v) is 12.4. The molecule has 2 aromatic carbocycles. The van der Waals surface area contributed by atoms with Gasteiger partial charge in [0.2, 0.25) is 15.9 Å². The number of nitrogens with zero attached hydrogens (tertiary/aromatic N) is 1. The van der Waals surface area contributed by atoms with Gasteiger partial charge in [0.15, 0.2) is 0 Å². The van der Waals surface area contributed by atoms with E-state index in [0.717, 1.165) is 24.2 Å². The molecule has 0 aliphatic carbocycles. The third-order valence-electron chi connectivity index (χ3n) is 5.50. The minimum atomic E-state index is -3.52. The highest BCUT2D eigenvalue weighted by Crippen LogP contribution is 2.27. The second-order valence-corrected chi connectivity index (χ2v) is 10.1. The third-order valence-corrected chi connectivity index (χ3v) is 7.40. The highest BCUT2D eigenvalue weighted by molar-refractivity contribution is 7.89. The molecule has 2 aromatic rings. The molecule has 1 aliphatic rings. The smallest absolute Gasteiger partial charge is 0.243 e. The molecule has 7 nitrogen and oxygen atoms in total. The van der Waals surface area contributed by atoms with Gasteiger partial charge >= 0.3 is 0 Å². The normalized spacial score (nSPS) is 15.3. The van der Waals surface area contributed by atoms with E-state index in [4.69, 9.17) is 9.47 Å². The molecule has 174 valence electrons. The monoisotopic (exact) mass is 460 g/mol. The lowest BCUT2D eigenvalue weighted by Crippen LogP contribution is -2.36. The maximum absolute atomic E-state index is 12.9. The third kappa shape index (κ3) is 6.23. The number of carbonyl (C=O) groups excluding carboxylic acids is 1. The number of sulfonamides is 1. The zero-order chi connectivity index (χ0) is 23.1. The molecule has 1 saturated heterocycles. The SMILES string of the molecule is COc1ccc(S(=O)(=O)N2CCCC2)cc1CCC(=O)NC(C)COc1ccc(C)cc1. The number of hydrogen-bond donors (Lipinski definition) is 1. The maximum Gasteiger partial charge on any atom is 0.243 e. The summed E-state index contributed by atoms with van der Waals surface area (Å²) in [5.74, 6) is 1.21. The van der Waals surface area contributed by atoms with Crippen LogP contribution in [-0.4, -0.2) is 51.5 Å². The van der Waals surface area contributed by atoms with Gasteiger partial charge < -0.3 is 14.8 Å². The number of amides is 1. The second kappa shape index (κ2) is 10.8. The fourth-order valence-electron chi connectivity index (χ4n) is 3.68. The average molecular weight is 461 g/mol. The van der Waals surface area contributed by atoms with E-state index >= 15 is 0 Å². The first-order valence-electron chi connectivity index (χ1n) is 11.0. The molecule has 0 radical (unpaired) electrons. The standard InChI is InChI=1S/C24H32N2O5S/c1-18-6-9-21(10-7-18)31-17-19(2)25-24(27)13-8-20-16-22(11-12-23(20)30-3)32(28,29)26-14-4-5-15-26/h6-7,9-12,16,19H,4-5,8,13-15,17H2,1-3H3,(H,25,27). The number of rotatable bonds is 10. The Morgan fingerprint density at radius 3 is 2.47 bits per heavy atom. The van der Waals surface area contributed by atoms with Crippen molar-refractivity contribution < 1.29 is 22.7 Å². The van der Waals surface area contributed by atoms with Gasteiger partial charge in [0, 0.05) is 19.5 Å². The molecule has 32 heavy (non-hydrogen) atoms. The van der Waals surface area contributed by atoms with Gasteiger partial charge in [-0.15, -0.1) is 0 Å². The molecule has 3 rings (SSSR count). The number of ether oxygens (including phenoxy) is 2. The zero-order valence-electron chi connectivity index (χ0n) is 19.0. The minimum Gasteiger partial charge on any atom is -0.496 e. The van der Waals surface area contributed by atoms with Crippen LogP contribution in [0.25, 0.3) is 0 Å². The summed E-state index contributed by atoms with van der Waals surface area (Å²) in [5.41, 5.74) is 1.86. The van der Waals surface area contributed by atoms with Gasteiger partial charge in [-0.1, -0.05) is 17.7 Å². The van der Waals surface area contributed by atoms with E-state index in [1.165, 1.54) is 11.4 Å². The van der Waals surface area contributed by atoms with Crippen molar-refractivity contribution in [1.29, 1.82) is 0 Å². The predicted octanol–water partition coefficient (Wildman–Crippen LogP) is 3.30. The lowest BCUT2D eigenvalue weighted by Gasteiger charge is -2.18. The van der Waals surface area contributed by atoms with Gasteiger partial charge in [-0.2, -0.15) is 4.31 Å².